The van der Waals surface area contributed by atoms with Crippen LogP contribution >= 0.6 is 0 Å². The van der Waals surface area contributed by atoms with E-state index >= 15 is 0 Å². The number of nitrogens with zero attached hydrogens (tertiary/aromatic N) is 2. The molecule has 1 fully saturated rings. The van der Waals surface area contributed by atoms with Gasteiger partial charge in [0.1, 0.15) is 6.54 Å². The molecule has 1 unspecified atom stereocenters. The molecule has 0 radical (unpaired) electrons. The first-order chi connectivity index (χ1) is 13.8. The molecule has 1 aliphatic rings. The maximum Gasteiger partial charge on any atom is 0.243 e. The Kier molecular flexibility index (Phi) is 6.92. The molecule has 0 aromatic heterocycles. The summed E-state index contributed by atoms with van der Waals surface area (Å²) < 4.78 is 31.9. The fourth-order valence-corrected chi connectivity index (χ4v) is 4.45. The maximum absolute atomic E-state index is 13.2. The van der Waals surface area contributed by atoms with Crippen LogP contribution in [0.4, 0.5) is 5.69 Å². The van der Waals surface area contributed by atoms with Crippen LogP contribution in [-0.4, -0.2) is 51.3 Å². The van der Waals surface area contributed by atoms with Crippen LogP contribution in [0.1, 0.15) is 24.0 Å². The molecule has 29 heavy (non-hydrogen) atoms. The van der Waals surface area contributed by atoms with Crippen molar-refractivity contribution in [3.05, 3.63) is 65.7 Å². The van der Waals surface area contributed by atoms with Crippen molar-refractivity contribution in [1.82, 2.24) is 4.90 Å². The minimum absolute atomic E-state index is 0.00666. The van der Waals surface area contributed by atoms with E-state index in [1.807, 2.05) is 49.4 Å². The predicted molar refractivity (Wildman–Crippen MR) is 114 cm³/mol. The first kappa shape index (κ1) is 21.3. The highest BCUT2D eigenvalue weighted by molar-refractivity contribution is 7.92. The molecule has 0 N–H and O–H groups in total. The molecule has 0 saturated carbocycles. The van der Waals surface area contributed by atoms with Gasteiger partial charge in [-0.2, -0.15) is 0 Å². The number of carbonyl (C=O) groups is 1. The summed E-state index contributed by atoms with van der Waals surface area (Å²) >= 11 is 0. The first-order valence-electron chi connectivity index (χ1n) is 9.81. The van der Waals surface area contributed by atoms with Gasteiger partial charge in [0.2, 0.25) is 15.9 Å². The summed E-state index contributed by atoms with van der Waals surface area (Å²) in [5.74, 6) is -0.238. The van der Waals surface area contributed by atoms with Crippen LogP contribution in [0.5, 0.6) is 0 Å². The van der Waals surface area contributed by atoms with E-state index in [9.17, 15) is 13.2 Å². The standard InChI is InChI=1S/C22H28N2O4S/c1-18-9-6-7-13-21(18)24(29(2,26)27)17-22(25)23(16-20-12-8-14-28-20)15-19-10-4-3-5-11-19/h3-7,9-11,13,20H,8,12,14-17H2,1-2H3. The molecule has 156 valence electrons. The minimum Gasteiger partial charge on any atom is -0.376 e. The number of rotatable bonds is 8. The molecular weight excluding hydrogens is 388 g/mol. The Bertz CT molecular complexity index is 925. The van der Waals surface area contributed by atoms with E-state index in [1.54, 1.807) is 17.0 Å². The topological polar surface area (TPSA) is 66.9 Å². The number of anilines is 1. The average Bonchev–Trinajstić information content (AvgIpc) is 3.19. The summed E-state index contributed by atoms with van der Waals surface area (Å²) in [7, 11) is -3.61. The zero-order chi connectivity index (χ0) is 20.9. The quantitative estimate of drug-likeness (QED) is 0.664. The molecule has 1 heterocycles. The monoisotopic (exact) mass is 416 g/mol. The third-order valence-corrected chi connectivity index (χ3v) is 6.21. The summed E-state index contributed by atoms with van der Waals surface area (Å²) in [5, 5.41) is 0. The van der Waals surface area contributed by atoms with Crippen LogP contribution in [0, 0.1) is 6.92 Å². The van der Waals surface area contributed by atoms with Crippen LogP contribution in [0.15, 0.2) is 54.6 Å². The summed E-state index contributed by atoms with van der Waals surface area (Å²) in [6, 6.07) is 16.9. The van der Waals surface area contributed by atoms with E-state index < -0.39 is 10.0 Å². The lowest BCUT2D eigenvalue weighted by atomic mass is 10.1. The lowest BCUT2D eigenvalue weighted by Gasteiger charge is -2.30. The van der Waals surface area contributed by atoms with E-state index in [1.165, 1.54) is 4.31 Å². The highest BCUT2D eigenvalue weighted by Gasteiger charge is 2.27. The van der Waals surface area contributed by atoms with Gasteiger partial charge in [0.15, 0.2) is 0 Å². The van der Waals surface area contributed by atoms with E-state index in [4.69, 9.17) is 4.74 Å². The molecule has 1 aliphatic heterocycles. The summed E-state index contributed by atoms with van der Waals surface area (Å²) in [6.45, 7) is 3.19. The fraction of sp³-hybridized carbons (Fsp3) is 0.409. The Morgan fingerprint density at radius 2 is 1.79 bits per heavy atom. The number of hydrogen-bond acceptors (Lipinski definition) is 4. The van der Waals surface area contributed by atoms with Crippen LogP contribution in [0.25, 0.3) is 0 Å². The molecule has 1 saturated heterocycles. The molecule has 2 aromatic rings. The Balaban J connectivity index is 1.83. The van der Waals surface area contributed by atoms with E-state index in [2.05, 4.69) is 0 Å². The molecule has 7 heteroatoms. The third-order valence-electron chi connectivity index (χ3n) is 5.08. The molecule has 2 aromatic carbocycles. The molecule has 3 rings (SSSR count). The third kappa shape index (κ3) is 5.81. The van der Waals surface area contributed by atoms with Crippen molar-refractivity contribution in [2.24, 2.45) is 0 Å². The largest absolute Gasteiger partial charge is 0.376 e. The number of aryl methyl sites for hydroxylation is 1. The van der Waals surface area contributed by atoms with Crippen LogP contribution in [0.3, 0.4) is 0 Å². The van der Waals surface area contributed by atoms with Crippen molar-refractivity contribution in [2.75, 3.05) is 30.3 Å². The van der Waals surface area contributed by atoms with Gasteiger partial charge in [-0.05, 0) is 37.0 Å². The second-order valence-electron chi connectivity index (χ2n) is 7.45. The molecule has 0 bridgehead atoms. The number of amides is 1. The van der Waals surface area contributed by atoms with Crippen LogP contribution in [0.2, 0.25) is 0 Å². The molecular formula is C22H28N2O4S. The average molecular weight is 417 g/mol. The number of sulfonamides is 1. The number of para-hydroxylation sites is 1. The van der Waals surface area contributed by atoms with Gasteiger partial charge >= 0.3 is 0 Å². The van der Waals surface area contributed by atoms with Crippen molar-refractivity contribution in [2.45, 2.75) is 32.4 Å². The molecule has 0 spiro atoms. The lowest BCUT2D eigenvalue weighted by Crippen LogP contribution is -2.45. The van der Waals surface area contributed by atoms with E-state index in [0.29, 0.717) is 25.4 Å². The fourth-order valence-electron chi connectivity index (χ4n) is 3.54. The zero-order valence-electron chi connectivity index (χ0n) is 17.0. The van der Waals surface area contributed by atoms with Gasteiger partial charge in [0, 0.05) is 19.7 Å². The molecule has 1 amide bonds. The Hall–Kier alpha value is -2.38. The second kappa shape index (κ2) is 9.41. The number of benzene rings is 2. The van der Waals surface area contributed by atoms with Crippen molar-refractivity contribution in [3.8, 4) is 0 Å². The number of ether oxygens (including phenoxy) is 1. The lowest BCUT2D eigenvalue weighted by molar-refractivity contribution is -0.131. The summed E-state index contributed by atoms with van der Waals surface area (Å²) in [5.41, 5.74) is 2.33. The van der Waals surface area contributed by atoms with Crippen molar-refractivity contribution in [1.29, 1.82) is 0 Å². The van der Waals surface area contributed by atoms with Gasteiger partial charge in [-0.25, -0.2) is 8.42 Å². The van der Waals surface area contributed by atoms with Gasteiger partial charge < -0.3 is 9.64 Å². The Morgan fingerprint density at radius 3 is 2.41 bits per heavy atom. The van der Waals surface area contributed by atoms with Gasteiger partial charge in [-0.15, -0.1) is 0 Å². The smallest absolute Gasteiger partial charge is 0.243 e. The maximum atomic E-state index is 13.2. The van der Waals surface area contributed by atoms with Crippen molar-refractivity contribution >= 4 is 21.6 Å². The number of carbonyl (C=O) groups excluding carboxylic acids is 1. The number of hydrogen-bond donors (Lipinski definition) is 0. The second-order valence-corrected chi connectivity index (χ2v) is 9.36. The van der Waals surface area contributed by atoms with Crippen LogP contribution < -0.4 is 4.31 Å². The normalized spacial score (nSPS) is 16.6. The summed E-state index contributed by atoms with van der Waals surface area (Å²) in [6.07, 6.45) is 3.02. The van der Waals surface area contributed by atoms with Crippen molar-refractivity contribution in [3.63, 3.8) is 0 Å². The molecule has 0 aliphatic carbocycles. The van der Waals surface area contributed by atoms with Gasteiger partial charge in [-0.3, -0.25) is 9.10 Å². The first-order valence-corrected chi connectivity index (χ1v) is 11.7. The van der Waals surface area contributed by atoms with Gasteiger partial charge in [-0.1, -0.05) is 48.5 Å². The molecule has 1 atom stereocenters. The predicted octanol–water partition coefficient (Wildman–Crippen LogP) is 2.97. The van der Waals surface area contributed by atoms with Crippen LogP contribution in [-0.2, 0) is 26.1 Å². The van der Waals surface area contributed by atoms with Gasteiger partial charge in [0.25, 0.3) is 0 Å². The Morgan fingerprint density at radius 1 is 1.10 bits per heavy atom. The van der Waals surface area contributed by atoms with Crippen molar-refractivity contribution < 1.29 is 17.9 Å². The highest BCUT2D eigenvalue weighted by atomic mass is 32.2. The van der Waals surface area contributed by atoms with E-state index in [-0.39, 0.29) is 18.6 Å². The highest BCUT2D eigenvalue weighted by Crippen LogP contribution is 2.23. The SMILES string of the molecule is Cc1ccccc1N(CC(=O)N(Cc1ccccc1)CC1CCCO1)S(C)(=O)=O. The van der Waals surface area contributed by atoms with Gasteiger partial charge in [0.05, 0.1) is 18.0 Å². The minimum atomic E-state index is -3.61. The zero-order valence-corrected chi connectivity index (χ0v) is 17.8. The Labute approximate surface area is 173 Å². The molecule has 6 nitrogen and oxygen atoms in total. The van der Waals surface area contributed by atoms with E-state index in [0.717, 1.165) is 30.2 Å². The summed E-state index contributed by atoms with van der Waals surface area (Å²) in [4.78, 5) is 15.0.